The Morgan fingerprint density at radius 3 is 2.82 bits per heavy atom. The molecule has 1 aliphatic carbocycles. The fourth-order valence-electron chi connectivity index (χ4n) is 3.30. The Bertz CT molecular complexity index is 664. The molecular formula is C17H21N3O2. The number of carboxylic acid groups (broad SMARTS) is 1. The van der Waals surface area contributed by atoms with Gasteiger partial charge in [0.1, 0.15) is 0 Å². The summed E-state index contributed by atoms with van der Waals surface area (Å²) >= 11 is 0. The highest BCUT2D eigenvalue weighted by Gasteiger charge is 2.28. The first kappa shape index (κ1) is 14.8. The van der Waals surface area contributed by atoms with Gasteiger partial charge in [-0.1, -0.05) is 30.3 Å². The average molecular weight is 299 g/mol. The monoisotopic (exact) mass is 299 g/mol. The molecule has 0 aliphatic heterocycles. The number of aryl methyl sites for hydroxylation is 1. The van der Waals surface area contributed by atoms with Gasteiger partial charge in [0.2, 0.25) is 0 Å². The van der Waals surface area contributed by atoms with Crippen LogP contribution in [0.1, 0.15) is 36.4 Å². The van der Waals surface area contributed by atoms with Crippen molar-refractivity contribution in [1.82, 2.24) is 9.78 Å². The van der Waals surface area contributed by atoms with Crippen molar-refractivity contribution >= 4 is 5.97 Å². The molecule has 1 aromatic heterocycles. The SMILES string of the molecule is NCC1CCCc2c1c(-c1ccccc1)nn2CCC(=O)O. The molecule has 0 fully saturated rings. The summed E-state index contributed by atoms with van der Waals surface area (Å²) in [6.07, 6.45) is 3.21. The highest BCUT2D eigenvalue weighted by molar-refractivity contribution is 5.67. The number of nitrogens with two attached hydrogens (primary N) is 1. The van der Waals surface area contributed by atoms with E-state index in [9.17, 15) is 4.79 Å². The van der Waals surface area contributed by atoms with Gasteiger partial charge < -0.3 is 10.8 Å². The molecule has 0 bridgehead atoms. The van der Waals surface area contributed by atoms with Crippen LogP contribution in [0, 0.1) is 0 Å². The van der Waals surface area contributed by atoms with Gasteiger partial charge in [-0.3, -0.25) is 9.48 Å². The van der Waals surface area contributed by atoms with E-state index in [-0.39, 0.29) is 6.42 Å². The molecule has 3 rings (SSSR count). The van der Waals surface area contributed by atoms with Crippen LogP contribution in [-0.2, 0) is 17.8 Å². The van der Waals surface area contributed by atoms with E-state index in [0.29, 0.717) is 19.0 Å². The van der Waals surface area contributed by atoms with Gasteiger partial charge in [-0.15, -0.1) is 0 Å². The zero-order chi connectivity index (χ0) is 15.5. The summed E-state index contributed by atoms with van der Waals surface area (Å²) in [5, 5.41) is 13.7. The molecule has 1 aromatic carbocycles. The fourth-order valence-corrected chi connectivity index (χ4v) is 3.30. The Morgan fingerprint density at radius 1 is 1.36 bits per heavy atom. The largest absolute Gasteiger partial charge is 0.481 e. The van der Waals surface area contributed by atoms with E-state index < -0.39 is 5.97 Å². The lowest BCUT2D eigenvalue weighted by Gasteiger charge is -2.22. The molecule has 2 aromatic rings. The van der Waals surface area contributed by atoms with E-state index >= 15 is 0 Å². The van der Waals surface area contributed by atoms with Crippen molar-refractivity contribution in [2.45, 2.75) is 38.1 Å². The van der Waals surface area contributed by atoms with Gasteiger partial charge in [-0.2, -0.15) is 5.10 Å². The van der Waals surface area contributed by atoms with Crippen molar-refractivity contribution in [3.05, 3.63) is 41.6 Å². The number of rotatable bonds is 5. The molecule has 5 heteroatoms. The van der Waals surface area contributed by atoms with Crippen LogP contribution in [0.3, 0.4) is 0 Å². The predicted octanol–water partition coefficient (Wildman–Crippen LogP) is 2.40. The first-order valence-electron chi connectivity index (χ1n) is 7.77. The Kier molecular flexibility index (Phi) is 4.24. The van der Waals surface area contributed by atoms with Gasteiger partial charge in [0.15, 0.2) is 0 Å². The Hall–Kier alpha value is -2.14. The number of hydrogen-bond acceptors (Lipinski definition) is 3. The number of carboxylic acids is 1. The zero-order valence-corrected chi connectivity index (χ0v) is 12.5. The third kappa shape index (κ3) is 2.76. The minimum Gasteiger partial charge on any atom is -0.481 e. The van der Waals surface area contributed by atoms with Crippen LogP contribution in [0.15, 0.2) is 30.3 Å². The van der Waals surface area contributed by atoms with E-state index in [2.05, 4.69) is 0 Å². The van der Waals surface area contributed by atoms with E-state index in [1.807, 2.05) is 35.0 Å². The molecule has 1 heterocycles. The summed E-state index contributed by atoms with van der Waals surface area (Å²) in [4.78, 5) is 10.9. The second-order valence-electron chi connectivity index (χ2n) is 5.77. The zero-order valence-electron chi connectivity index (χ0n) is 12.5. The molecule has 1 aliphatic rings. The molecule has 1 atom stereocenters. The second kappa shape index (κ2) is 6.32. The first-order chi connectivity index (χ1) is 10.7. The smallest absolute Gasteiger partial charge is 0.305 e. The Balaban J connectivity index is 2.07. The number of hydrogen-bond donors (Lipinski definition) is 2. The lowest BCUT2D eigenvalue weighted by molar-refractivity contribution is -0.137. The quantitative estimate of drug-likeness (QED) is 0.888. The Morgan fingerprint density at radius 2 is 2.14 bits per heavy atom. The molecule has 0 spiro atoms. The van der Waals surface area contributed by atoms with Gasteiger partial charge in [0.05, 0.1) is 18.7 Å². The van der Waals surface area contributed by atoms with Gasteiger partial charge in [-0.05, 0) is 25.8 Å². The Labute approximate surface area is 129 Å². The second-order valence-corrected chi connectivity index (χ2v) is 5.77. The minimum atomic E-state index is -0.795. The van der Waals surface area contributed by atoms with Crippen LogP contribution >= 0.6 is 0 Å². The standard InChI is InChI=1S/C17H21N3O2/c18-11-13-7-4-8-14-16(13)17(12-5-2-1-3-6-12)19-20(14)10-9-15(21)22/h1-3,5-6,13H,4,7-11,18H2,(H,21,22). The molecule has 116 valence electrons. The average Bonchev–Trinajstić information content (AvgIpc) is 2.92. The van der Waals surface area contributed by atoms with Crippen molar-refractivity contribution in [2.24, 2.45) is 5.73 Å². The molecule has 5 nitrogen and oxygen atoms in total. The first-order valence-corrected chi connectivity index (χ1v) is 7.77. The molecule has 0 amide bonds. The number of benzene rings is 1. The lowest BCUT2D eigenvalue weighted by atomic mass is 9.84. The maximum absolute atomic E-state index is 10.9. The van der Waals surface area contributed by atoms with Crippen LogP contribution in [-0.4, -0.2) is 27.4 Å². The van der Waals surface area contributed by atoms with E-state index in [1.54, 1.807) is 0 Å². The maximum atomic E-state index is 10.9. The molecule has 0 saturated heterocycles. The third-order valence-corrected chi connectivity index (χ3v) is 4.34. The highest BCUT2D eigenvalue weighted by Crippen LogP contribution is 2.38. The minimum absolute atomic E-state index is 0.0929. The summed E-state index contributed by atoms with van der Waals surface area (Å²) in [5.41, 5.74) is 10.4. The van der Waals surface area contributed by atoms with Gasteiger partial charge in [0, 0.05) is 22.7 Å². The topological polar surface area (TPSA) is 81.1 Å². The number of carbonyl (C=O) groups is 1. The van der Waals surface area contributed by atoms with Crippen LogP contribution in [0.2, 0.25) is 0 Å². The fraction of sp³-hybridized carbons (Fsp3) is 0.412. The molecule has 1 unspecified atom stereocenters. The van der Waals surface area contributed by atoms with E-state index in [1.165, 1.54) is 11.3 Å². The van der Waals surface area contributed by atoms with Crippen molar-refractivity contribution in [2.75, 3.05) is 6.54 Å². The predicted molar refractivity (Wildman–Crippen MR) is 84.6 cm³/mol. The van der Waals surface area contributed by atoms with E-state index in [4.69, 9.17) is 15.9 Å². The van der Waals surface area contributed by atoms with Crippen molar-refractivity contribution in [3.8, 4) is 11.3 Å². The van der Waals surface area contributed by atoms with Crippen LogP contribution < -0.4 is 5.73 Å². The lowest BCUT2D eigenvalue weighted by Crippen LogP contribution is -2.20. The number of aliphatic carboxylic acids is 1. The van der Waals surface area contributed by atoms with Gasteiger partial charge in [-0.25, -0.2) is 0 Å². The normalized spacial score (nSPS) is 17.2. The highest BCUT2D eigenvalue weighted by atomic mass is 16.4. The third-order valence-electron chi connectivity index (χ3n) is 4.34. The summed E-state index contributed by atoms with van der Waals surface area (Å²) in [5.74, 6) is -0.478. The number of fused-ring (bicyclic) bond motifs is 1. The summed E-state index contributed by atoms with van der Waals surface area (Å²) < 4.78 is 1.88. The van der Waals surface area contributed by atoms with Crippen molar-refractivity contribution < 1.29 is 9.90 Å². The number of aromatic nitrogens is 2. The summed E-state index contributed by atoms with van der Waals surface area (Å²) in [7, 11) is 0. The van der Waals surface area contributed by atoms with Crippen LogP contribution in [0.4, 0.5) is 0 Å². The van der Waals surface area contributed by atoms with Crippen LogP contribution in [0.5, 0.6) is 0 Å². The van der Waals surface area contributed by atoms with Gasteiger partial charge in [0.25, 0.3) is 0 Å². The molecule has 0 radical (unpaired) electrons. The molecular weight excluding hydrogens is 278 g/mol. The van der Waals surface area contributed by atoms with E-state index in [0.717, 1.165) is 30.5 Å². The summed E-state index contributed by atoms with van der Waals surface area (Å²) in [6.45, 7) is 1.03. The van der Waals surface area contributed by atoms with Crippen molar-refractivity contribution in [3.63, 3.8) is 0 Å². The number of nitrogens with zero attached hydrogens (tertiary/aromatic N) is 2. The maximum Gasteiger partial charge on any atom is 0.305 e. The van der Waals surface area contributed by atoms with Gasteiger partial charge >= 0.3 is 5.97 Å². The van der Waals surface area contributed by atoms with Crippen molar-refractivity contribution in [1.29, 1.82) is 0 Å². The molecule has 0 saturated carbocycles. The van der Waals surface area contributed by atoms with Crippen LogP contribution in [0.25, 0.3) is 11.3 Å². The molecule has 3 N–H and O–H groups in total. The molecule has 22 heavy (non-hydrogen) atoms. The summed E-state index contributed by atoms with van der Waals surface area (Å²) in [6, 6.07) is 10.1.